The van der Waals surface area contributed by atoms with Gasteiger partial charge in [0.1, 0.15) is 11.6 Å². The highest BCUT2D eigenvalue weighted by molar-refractivity contribution is 5.95. The normalized spacial score (nSPS) is 17.9. The summed E-state index contributed by atoms with van der Waals surface area (Å²) in [5, 5.41) is 0. The number of benzene rings is 1. The molecule has 0 aliphatic carbocycles. The first-order valence-corrected chi connectivity index (χ1v) is 11.1. The lowest BCUT2D eigenvalue weighted by molar-refractivity contribution is -0.119. The van der Waals surface area contributed by atoms with Crippen molar-refractivity contribution in [2.45, 2.75) is 45.2 Å². The molecule has 0 unspecified atom stereocenters. The van der Waals surface area contributed by atoms with Crippen molar-refractivity contribution < 1.29 is 14.0 Å². The minimum absolute atomic E-state index is 0.0226. The summed E-state index contributed by atoms with van der Waals surface area (Å²) in [6, 6.07) is 9.38. The molecule has 0 saturated carbocycles. The number of amides is 2. The number of hydrogen-bond acceptors (Lipinski definition) is 5. The van der Waals surface area contributed by atoms with Gasteiger partial charge in [0.15, 0.2) is 5.82 Å². The Hall–Kier alpha value is -3.68. The third kappa shape index (κ3) is 4.08. The van der Waals surface area contributed by atoms with Gasteiger partial charge in [-0.05, 0) is 56.0 Å². The van der Waals surface area contributed by atoms with Crippen LogP contribution in [0.5, 0.6) is 0 Å². The zero-order chi connectivity index (χ0) is 22.9. The number of hydrogen-bond donors (Lipinski definition) is 0. The smallest absolute Gasteiger partial charge is 0.256 e. The average molecular weight is 445 g/mol. The summed E-state index contributed by atoms with van der Waals surface area (Å²) in [5.41, 5.74) is 3.13. The third-order valence-electron chi connectivity index (χ3n) is 6.33. The molecular formula is C25H24FN5O2. The number of pyridine rings is 1. The van der Waals surface area contributed by atoms with E-state index < -0.39 is 0 Å². The highest BCUT2D eigenvalue weighted by atomic mass is 19.1. The molecule has 1 saturated heterocycles. The van der Waals surface area contributed by atoms with E-state index in [4.69, 9.17) is 9.97 Å². The van der Waals surface area contributed by atoms with E-state index in [2.05, 4.69) is 4.98 Å². The monoisotopic (exact) mass is 445 g/mol. The van der Waals surface area contributed by atoms with Gasteiger partial charge in [0.25, 0.3) is 5.91 Å². The van der Waals surface area contributed by atoms with Crippen LogP contribution in [0.4, 0.5) is 10.2 Å². The summed E-state index contributed by atoms with van der Waals surface area (Å²) in [6.07, 6.45) is 5.79. The number of rotatable bonds is 4. The molecule has 1 fully saturated rings. The summed E-state index contributed by atoms with van der Waals surface area (Å²) in [5.74, 6) is 0.720. The molecule has 7 nitrogen and oxygen atoms in total. The molecule has 2 aliphatic rings. The standard InChI is InChI=1S/C25H24FN5O2/c1-16-20-10-11-22(32)31(15-17-6-8-19(26)9-7-17)24(20)29-23(28-16)21-5-3-13-30(21)25(33)18-4-2-12-27-14-18/h2,4,6-9,12,14,21H,3,5,10-11,13,15H2,1H3/t21-/m1/s1. The van der Waals surface area contributed by atoms with Crippen LogP contribution in [-0.2, 0) is 17.8 Å². The number of fused-ring (bicyclic) bond motifs is 1. The molecule has 2 aromatic heterocycles. The highest BCUT2D eigenvalue weighted by Crippen LogP contribution is 2.35. The number of anilines is 1. The summed E-state index contributed by atoms with van der Waals surface area (Å²) < 4.78 is 13.3. The van der Waals surface area contributed by atoms with Crippen LogP contribution in [0.1, 0.15) is 58.3 Å². The summed E-state index contributed by atoms with van der Waals surface area (Å²) >= 11 is 0. The maximum Gasteiger partial charge on any atom is 0.256 e. The van der Waals surface area contributed by atoms with Crippen molar-refractivity contribution >= 4 is 17.6 Å². The van der Waals surface area contributed by atoms with Crippen LogP contribution in [0.2, 0.25) is 0 Å². The fourth-order valence-corrected chi connectivity index (χ4v) is 4.62. The predicted molar refractivity (Wildman–Crippen MR) is 120 cm³/mol. The van der Waals surface area contributed by atoms with Gasteiger partial charge in [0.2, 0.25) is 5.91 Å². The van der Waals surface area contributed by atoms with Crippen LogP contribution < -0.4 is 4.90 Å². The maximum absolute atomic E-state index is 13.3. The Morgan fingerprint density at radius 2 is 1.97 bits per heavy atom. The van der Waals surface area contributed by atoms with Crippen LogP contribution in [0.15, 0.2) is 48.8 Å². The quantitative estimate of drug-likeness (QED) is 0.611. The number of carbonyl (C=O) groups is 2. The van der Waals surface area contributed by atoms with Crippen LogP contribution in [0.3, 0.4) is 0 Å². The molecule has 1 atom stereocenters. The van der Waals surface area contributed by atoms with Crippen LogP contribution in [0.25, 0.3) is 0 Å². The fourth-order valence-electron chi connectivity index (χ4n) is 4.62. The lowest BCUT2D eigenvalue weighted by Crippen LogP contribution is -2.37. The van der Waals surface area contributed by atoms with E-state index in [-0.39, 0.29) is 23.7 Å². The van der Waals surface area contributed by atoms with Gasteiger partial charge >= 0.3 is 0 Å². The van der Waals surface area contributed by atoms with Crippen molar-refractivity contribution in [3.63, 3.8) is 0 Å². The molecule has 0 bridgehead atoms. The maximum atomic E-state index is 13.3. The average Bonchev–Trinajstić information content (AvgIpc) is 3.32. The van der Waals surface area contributed by atoms with Gasteiger partial charge in [-0.3, -0.25) is 19.5 Å². The first-order valence-electron chi connectivity index (χ1n) is 11.1. The van der Waals surface area contributed by atoms with E-state index in [1.807, 2.05) is 6.92 Å². The van der Waals surface area contributed by atoms with Crippen LogP contribution in [-0.4, -0.2) is 38.2 Å². The number of aromatic nitrogens is 3. The predicted octanol–water partition coefficient (Wildman–Crippen LogP) is 3.78. The Kier molecular flexibility index (Phi) is 5.58. The second-order valence-electron chi connectivity index (χ2n) is 8.47. The second-order valence-corrected chi connectivity index (χ2v) is 8.47. The molecule has 0 spiro atoms. The molecule has 5 rings (SSSR count). The van der Waals surface area contributed by atoms with E-state index in [1.54, 1.807) is 46.5 Å². The van der Waals surface area contributed by atoms with Gasteiger partial charge in [0.05, 0.1) is 18.2 Å². The zero-order valence-electron chi connectivity index (χ0n) is 18.4. The minimum atomic E-state index is -0.316. The van der Waals surface area contributed by atoms with E-state index in [0.29, 0.717) is 43.1 Å². The Morgan fingerprint density at radius 3 is 2.73 bits per heavy atom. The van der Waals surface area contributed by atoms with Crippen molar-refractivity contribution in [2.24, 2.45) is 0 Å². The molecule has 168 valence electrons. The molecule has 1 aromatic carbocycles. The van der Waals surface area contributed by atoms with E-state index in [1.165, 1.54) is 12.1 Å². The van der Waals surface area contributed by atoms with Gasteiger partial charge in [0, 0.05) is 36.6 Å². The third-order valence-corrected chi connectivity index (χ3v) is 6.33. The summed E-state index contributed by atoms with van der Waals surface area (Å²) in [4.78, 5) is 43.1. The van der Waals surface area contributed by atoms with Crippen molar-refractivity contribution in [2.75, 3.05) is 11.4 Å². The lowest BCUT2D eigenvalue weighted by Gasteiger charge is -2.31. The Balaban J connectivity index is 1.49. The number of carbonyl (C=O) groups excluding carboxylic acids is 2. The number of likely N-dealkylation sites (tertiary alicyclic amines) is 1. The SMILES string of the molecule is Cc1nc([C@H]2CCCN2C(=O)c2cccnc2)nc2c1CCC(=O)N2Cc1ccc(F)cc1. The molecular weight excluding hydrogens is 421 g/mol. The Morgan fingerprint density at radius 1 is 1.15 bits per heavy atom. The topological polar surface area (TPSA) is 79.3 Å². The van der Waals surface area contributed by atoms with Gasteiger partial charge in [-0.25, -0.2) is 14.4 Å². The van der Waals surface area contributed by atoms with Crippen molar-refractivity contribution in [1.29, 1.82) is 0 Å². The number of halogens is 1. The van der Waals surface area contributed by atoms with Gasteiger partial charge in [-0.1, -0.05) is 12.1 Å². The lowest BCUT2D eigenvalue weighted by atomic mass is 10.0. The second kappa shape index (κ2) is 8.69. The molecule has 0 radical (unpaired) electrons. The van der Waals surface area contributed by atoms with Crippen molar-refractivity contribution in [1.82, 2.24) is 19.9 Å². The molecule has 4 heterocycles. The molecule has 0 N–H and O–H groups in total. The first-order chi connectivity index (χ1) is 16.0. The summed E-state index contributed by atoms with van der Waals surface area (Å²) in [7, 11) is 0. The largest absolute Gasteiger partial charge is 0.328 e. The number of aryl methyl sites for hydroxylation is 1. The molecule has 33 heavy (non-hydrogen) atoms. The van der Waals surface area contributed by atoms with E-state index in [9.17, 15) is 14.0 Å². The first kappa shape index (κ1) is 21.2. The number of nitrogens with zero attached hydrogens (tertiary/aromatic N) is 5. The van der Waals surface area contributed by atoms with E-state index >= 15 is 0 Å². The van der Waals surface area contributed by atoms with Crippen molar-refractivity contribution in [3.05, 3.63) is 82.8 Å². The van der Waals surface area contributed by atoms with Gasteiger partial charge in [-0.15, -0.1) is 0 Å². The van der Waals surface area contributed by atoms with Crippen LogP contribution in [0, 0.1) is 12.7 Å². The van der Waals surface area contributed by atoms with Crippen LogP contribution >= 0.6 is 0 Å². The summed E-state index contributed by atoms with van der Waals surface area (Å²) in [6.45, 7) is 2.86. The molecule has 3 aromatic rings. The molecule has 2 aliphatic heterocycles. The minimum Gasteiger partial charge on any atom is -0.328 e. The fraction of sp³-hybridized carbons (Fsp3) is 0.320. The van der Waals surface area contributed by atoms with Gasteiger partial charge < -0.3 is 4.90 Å². The highest BCUT2D eigenvalue weighted by Gasteiger charge is 2.35. The van der Waals surface area contributed by atoms with Crippen molar-refractivity contribution in [3.8, 4) is 0 Å². The Bertz CT molecular complexity index is 1200. The Labute approximate surface area is 191 Å². The van der Waals surface area contributed by atoms with Gasteiger partial charge in [-0.2, -0.15) is 0 Å². The van der Waals surface area contributed by atoms with E-state index in [0.717, 1.165) is 29.7 Å². The molecule has 8 heteroatoms. The molecule has 2 amide bonds. The zero-order valence-corrected chi connectivity index (χ0v) is 18.4.